The molecule has 0 unspecified atom stereocenters. The van der Waals surface area contributed by atoms with Crippen molar-refractivity contribution in [2.24, 2.45) is 4.99 Å². The van der Waals surface area contributed by atoms with E-state index < -0.39 is 0 Å². The summed E-state index contributed by atoms with van der Waals surface area (Å²) in [6.45, 7) is 6.97. The van der Waals surface area contributed by atoms with Crippen LogP contribution in [0.2, 0.25) is 0 Å². The molecule has 1 heterocycles. The van der Waals surface area contributed by atoms with E-state index in [-0.39, 0.29) is 24.0 Å². The normalized spacial score (nSPS) is 11.1. The maximum Gasteiger partial charge on any atom is 0.191 e. The molecular weight excluding hydrogens is 425 g/mol. The molecule has 1 aromatic carbocycles. The standard InChI is InChI=1S/C19H29N5.HI/c1-4-17-9-5-6-10-18(17)15-23-19(20-3)22-11-7-8-13-24-14-12-21-16(24)2;/h5-6,9-10,12,14H,4,7-8,11,13,15H2,1-3H3,(H2,20,22,23);1H. The number of benzene rings is 1. The molecule has 0 fully saturated rings. The largest absolute Gasteiger partial charge is 0.356 e. The van der Waals surface area contributed by atoms with Gasteiger partial charge < -0.3 is 15.2 Å². The molecule has 0 aliphatic carbocycles. The molecule has 0 spiro atoms. The first-order valence-corrected chi connectivity index (χ1v) is 8.73. The highest BCUT2D eigenvalue weighted by molar-refractivity contribution is 14.0. The minimum Gasteiger partial charge on any atom is -0.356 e. The molecule has 1 aromatic heterocycles. The first-order valence-electron chi connectivity index (χ1n) is 8.73. The van der Waals surface area contributed by atoms with Gasteiger partial charge in [-0.15, -0.1) is 24.0 Å². The molecule has 138 valence electrons. The van der Waals surface area contributed by atoms with Crippen molar-refractivity contribution in [1.82, 2.24) is 20.2 Å². The van der Waals surface area contributed by atoms with Crippen LogP contribution in [0.1, 0.15) is 36.7 Å². The molecule has 0 aliphatic rings. The van der Waals surface area contributed by atoms with E-state index in [1.54, 1.807) is 0 Å². The van der Waals surface area contributed by atoms with E-state index in [0.29, 0.717) is 0 Å². The van der Waals surface area contributed by atoms with E-state index in [4.69, 9.17) is 0 Å². The van der Waals surface area contributed by atoms with Crippen LogP contribution >= 0.6 is 24.0 Å². The summed E-state index contributed by atoms with van der Waals surface area (Å²) >= 11 is 0. The van der Waals surface area contributed by atoms with E-state index in [9.17, 15) is 0 Å². The van der Waals surface area contributed by atoms with Gasteiger partial charge in [0.05, 0.1) is 0 Å². The van der Waals surface area contributed by atoms with E-state index in [1.807, 2.05) is 26.4 Å². The van der Waals surface area contributed by atoms with Crippen molar-refractivity contribution in [2.45, 2.75) is 46.2 Å². The van der Waals surface area contributed by atoms with Gasteiger partial charge in [-0.3, -0.25) is 4.99 Å². The Morgan fingerprint density at radius 2 is 1.92 bits per heavy atom. The maximum absolute atomic E-state index is 4.30. The van der Waals surface area contributed by atoms with Crippen LogP contribution in [0.15, 0.2) is 41.7 Å². The molecule has 6 heteroatoms. The molecule has 0 bridgehead atoms. The molecule has 2 N–H and O–H groups in total. The topological polar surface area (TPSA) is 54.2 Å². The van der Waals surface area contributed by atoms with Crippen LogP contribution in [0.5, 0.6) is 0 Å². The smallest absolute Gasteiger partial charge is 0.191 e. The zero-order valence-corrected chi connectivity index (χ0v) is 17.8. The Morgan fingerprint density at radius 1 is 1.16 bits per heavy atom. The first-order chi connectivity index (χ1) is 11.7. The molecule has 5 nitrogen and oxygen atoms in total. The number of aryl methyl sites for hydroxylation is 3. The molecule has 0 saturated heterocycles. The van der Waals surface area contributed by atoms with E-state index in [2.05, 4.69) is 56.4 Å². The summed E-state index contributed by atoms with van der Waals surface area (Å²) in [7, 11) is 1.82. The van der Waals surface area contributed by atoms with Gasteiger partial charge in [0.15, 0.2) is 5.96 Å². The molecule has 2 rings (SSSR count). The lowest BCUT2D eigenvalue weighted by Crippen LogP contribution is -2.37. The minimum atomic E-state index is 0. The predicted octanol–water partition coefficient (Wildman–Crippen LogP) is 3.52. The predicted molar refractivity (Wildman–Crippen MR) is 116 cm³/mol. The molecular formula is C19H30IN5. The first kappa shape index (κ1) is 21.5. The van der Waals surface area contributed by atoms with Crippen molar-refractivity contribution in [2.75, 3.05) is 13.6 Å². The fourth-order valence-electron chi connectivity index (χ4n) is 2.73. The van der Waals surface area contributed by atoms with Gasteiger partial charge in [0.1, 0.15) is 5.82 Å². The lowest BCUT2D eigenvalue weighted by Gasteiger charge is -2.14. The average Bonchev–Trinajstić information content (AvgIpc) is 3.02. The van der Waals surface area contributed by atoms with Gasteiger partial charge in [-0.05, 0) is 37.3 Å². The molecule has 0 radical (unpaired) electrons. The van der Waals surface area contributed by atoms with Gasteiger partial charge in [0.2, 0.25) is 0 Å². The van der Waals surface area contributed by atoms with E-state index in [1.165, 1.54) is 11.1 Å². The number of halogens is 1. The van der Waals surface area contributed by atoms with Crippen molar-refractivity contribution in [1.29, 1.82) is 0 Å². The number of unbranched alkanes of at least 4 members (excludes halogenated alkanes) is 1. The van der Waals surface area contributed by atoms with Gasteiger partial charge in [-0.2, -0.15) is 0 Å². The summed E-state index contributed by atoms with van der Waals surface area (Å²) in [5.41, 5.74) is 2.72. The molecule has 25 heavy (non-hydrogen) atoms. The number of nitrogens with zero attached hydrogens (tertiary/aromatic N) is 3. The van der Waals surface area contributed by atoms with Gasteiger partial charge in [-0.1, -0.05) is 31.2 Å². The molecule has 0 aliphatic heterocycles. The number of hydrogen-bond donors (Lipinski definition) is 2. The molecule has 0 atom stereocenters. The number of aliphatic imine (C=N–C) groups is 1. The Balaban J connectivity index is 0.00000312. The number of nitrogens with one attached hydrogen (secondary N) is 2. The summed E-state index contributed by atoms with van der Waals surface area (Å²) in [5.74, 6) is 1.94. The number of hydrogen-bond acceptors (Lipinski definition) is 2. The van der Waals surface area contributed by atoms with Crippen molar-refractivity contribution in [3.8, 4) is 0 Å². The number of guanidine groups is 1. The fourth-order valence-corrected chi connectivity index (χ4v) is 2.73. The monoisotopic (exact) mass is 455 g/mol. The van der Waals surface area contributed by atoms with Crippen molar-refractivity contribution >= 4 is 29.9 Å². The highest BCUT2D eigenvalue weighted by Gasteiger charge is 2.02. The van der Waals surface area contributed by atoms with Crippen LogP contribution in [0.3, 0.4) is 0 Å². The van der Waals surface area contributed by atoms with Gasteiger partial charge >= 0.3 is 0 Å². The molecule has 0 saturated carbocycles. The Morgan fingerprint density at radius 3 is 2.56 bits per heavy atom. The highest BCUT2D eigenvalue weighted by atomic mass is 127. The fraction of sp³-hybridized carbons (Fsp3) is 0.474. The quantitative estimate of drug-likeness (QED) is 0.277. The average molecular weight is 455 g/mol. The zero-order chi connectivity index (χ0) is 17.2. The third-order valence-electron chi connectivity index (χ3n) is 4.21. The molecule has 0 amide bonds. The number of aromatic nitrogens is 2. The summed E-state index contributed by atoms with van der Waals surface area (Å²) in [5, 5.41) is 6.78. The Labute approximate surface area is 168 Å². The van der Waals surface area contributed by atoms with Crippen molar-refractivity contribution in [3.63, 3.8) is 0 Å². The van der Waals surface area contributed by atoms with Crippen LogP contribution in [-0.4, -0.2) is 29.1 Å². The third kappa shape index (κ3) is 7.05. The van der Waals surface area contributed by atoms with Gasteiger partial charge in [-0.25, -0.2) is 4.98 Å². The lowest BCUT2D eigenvalue weighted by molar-refractivity contribution is 0.588. The Kier molecular flexibility index (Phi) is 10.2. The Bertz CT molecular complexity index is 651. The second-order valence-corrected chi connectivity index (χ2v) is 5.85. The van der Waals surface area contributed by atoms with Crippen LogP contribution < -0.4 is 10.6 Å². The van der Waals surface area contributed by atoms with Crippen LogP contribution in [-0.2, 0) is 19.5 Å². The highest BCUT2D eigenvalue weighted by Crippen LogP contribution is 2.08. The summed E-state index contributed by atoms with van der Waals surface area (Å²) in [4.78, 5) is 8.54. The Hall–Kier alpha value is -1.57. The third-order valence-corrected chi connectivity index (χ3v) is 4.21. The van der Waals surface area contributed by atoms with Crippen molar-refractivity contribution < 1.29 is 0 Å². The number of rotatable bonds is 8. The number of imidazole rings is 1. The molecule has 2 aromatic rings. The second-order valence-electron chi connectivity index (χ2n) is 5.85. The van der Waals surface area contributed by atoms with E-state index in [0.717, 1.165) is 50.7 Å². The summed E-state index contributed by atoms with van der Waals surface area (Å²) in [6.07, 6.45) is 7.17. The lowest BCUT2D eigenvalue weighted by atomic mass is 10.1. The minimum absolute atomic E-state index is 0. The SMILES string of the molecule is CCc1ccccc1CNC(=NC)NCCCCn1ccnc1C.I. The summed E-state index contributed by atoms with van der Waals surface area (Å²) in [6, 6.07) is 8.54. The van der Waals surface area contributed by atoms with Gasteiger partial charge in [0, 0.05) is 39.1 Å². The second kappa shape index (κ2) is 11.9. The maximum atomic E-state index is 4.30. The van der Waals surface area contributed by atoms with Crippen LogP contribution in [0, 0.1) is 6.92 Å². The van der Waals surface area contributed by atoms with Crippen LogP contribution in [0.4, 0.5) is 0 Å². The van der Waals surface area contributed by atoms with Crippen molar-refractivity contribution in [3.05, 3.63) is 53.6 Å². The summed E-state index contributed by atoms with van der Waals surface area (Å²) < 4.78 is 2.19. The van der Waals surface area contributed by atoms with E-state index >= 15 is 0 Å². The van der Waals surface area contributed by atoms with Crippen LogP contribution in [0.25, 0.3) is 0 Å². The zero-order valence-electron chi connectivity index (χ0n) is 15.5. The van der Waals surface area contributed by atoms with Gasteiger partial charge in [0.25, 0.3) is 0 Å².